The van der Waals surface area contributed by atoms with Crippen molar-refractivity contribution in [3.05, 3.63) is 12.2 Å². The molecule has 1 amide bonds. The second-order valence-electron chi connectivity index (χ2n) is 16.5. The number of hydrogen-bond donors (Lipinski definition) is 5. The summed E-state index contributed by atoms with van der Waals surface area (Å²) in [5.74, 6) is -0.593. The van der Waals surface area contributed by atoms with Crippen LogP contribution in [0.3, 0.4) is 0 Å². The SMILES string of the molecule is CCCCCCCCCCCCCCCCCCCCCCCC/C=C/CCCC(O)C(O)C(CO)NC(=O)C(O)CCCCCCCCCCCC. The minimum atomic E-state index is -1.28. The maximum absolute atomic E-state index is 12.4. The van der Waals surface area contributed by atoms with Gasteiger partial charge in [0.2, 0.25) is 5.91 Å². The molecule has 0 radical (unpaired) electrons. The van der Waals surface area contributed by atoms with Crippen LogP contribution >= 0.6 is 0 Å². The number of unbranched alkanes of at least 4 members (excludes halogenated alkanes) is 32. The highest BCUT2D eigenvalue weighted by molar-refractivity contribution is 5.80. The topological polar surface area (TPSA) is 110 Å². The van der Waals surface area contributed by atoms with E-state index in [0.717, 1.165) is 38.5 Å². The Morgan fingerprint density at radius 3 is 1.13 bits per heavy atom. The number of allylic oxidation sites excluding steroid dienone is 2. The van der Waals surface area contributed by atoms with Gasteiger partial charge in [-0.05, 0) is 38.5 Å². The van der Waals surface area contributed by atoms with E-state index in [1.165, 1.54) is 186 Å². The molecule has 0 aromatic carbocycles. The van der Waals surface area contributed by atoms with Crippen LogP contribution in [0.2, 0.25) is 0 Å². The zero-order valence-electron chi connectivity index (χ0n) is 35.5. The van der Waals surface area contributed by atoms with Gasteiger partial charge in [-0.15, -0.1) is 0 Å². The molecule has 316 valence electrons. The molecule has 0 rings (SSSR count). The van der Waals surface area contributed by atoms with Gasteiger partial charge >= 0.3 is 0 Å². The number of amides is 1. The molecule has 5 N–H and O–H groups in total. The minimum Gasteiger partial charge on any atom is -0.394 e. The van der Waals surface area contributed by atoms with E-state index in [1.807, 2.05) is 0 Å². The normalized spacial score (nSPS) is 14.2. The van der Waals surface area contributed by atoms with Gasteiger partial charge in [0, 0.05) is 0 Å². The van der Waals surface area contributed by atoms with Crippen LogP contribution in [-0.4, -0.2) is 57.3 Å². The van der Waals surface area contributed by atoms with Crippen LogP contribution in [0, 0.1) is 0 Å². The summed E-state index contributed by atoms with van der Waals surface area (Å²) < 4.78 is 0. The lowest BCUT2D eigenvalue weighted by molar-refractivity contribution is -0.132. The Bertz CT molecular complexity index is 761. The fourth-order valence-corrected chi connectivity index (χ4v) is 7.46. The lowest BCUT2D eigenvalue weighted by Gasteiger charge is -2.27. The molecule has 4 atom stereocenters. The molecule has 0 heterocycles. The first-order valence-corrected chi connectivity index (χ1v) is 23.6. The second kappa shape index (κ2) is 42.2. The van der Waals surface area contributed by atoms with Crippen molar-refractivity contribution in [2.45, 2.75) is 276 Å². The largest absolute Gasteiger partial charge is 0.394 e. The molecule has 0 aromatic rings. The molecule has 0 bridgehead atoms. The summed E-state index contributed by atoms with van der Waals surface area (Å²) in [6.07, 6.45) is 47.1. The molecule has 0 spiro atoms. The molecule has 0 aliphatic rings. The van der Waals surface area contributed by atoms with Gasteiger partial charge in [-0.3, -0.25) is 4.79 Å². The smallest absolute Gasteiger partial charge is 0.249 e. The van der Waals surface area contributed by atoms with Gasteiger partial charge in [-0.25, -0.2) is 0 Å². The fraction of sp³-hybridized carbons (Fsp3) is 0.936. The van der Waals surface area contributed by atoms with Gasteiger partial charge < -0.3 is 25.7 Å². The van der Waals surface area contributed by atoms with E-state index in [1.54, 1.807) is 0 Å². The van der Waals surface area contributed by atoms with Crippen molar-refractivity contribution in [1.82, 2.24) is 5.32 Å². The van der Waals surface area contributed by atoms with Crippen molar-refractivity contribution in [3.63, 3.8) is 0 Å². The molecule has 6 heteroatoms. The Morgan fingerprint density at radius 2 is 0.774 bits per heavy atom. The summed E-state index contributed by atoms with van der Waals surface area (Å²) >= 11 is 0. The Kier molecular flexibility index (Phi) is 41.4. The van der Waals surface area contributed by atoms with Crippen LogP contribution in [-0.2, 0) is 4.79 Å². The maximum Gasteiger partial charge on any atom is 0.249 e. The molecule has 0 aliphatic carbocycles. The Labute approximate surface area is 330 Å². The molecule has 0 aliphatic heterocycles. The van der Waals surface area contributed by atoms with Crippen molar-refractivity contribution < 1.29 is 25.2 Å². The monoisotopic (exact) mass is 752 g/mol. The van der Waals surface area contributed by atoms with E-state index in [2.05, 4.69) is 31.3 Å². The van der Waals surface area contributed by atoms with Gasteiger partial charge in [-0.2, -0.15) is 0 Å². The molecule has 4 unspecified atom stereocenters. The number of aliphatic hydroxyl groups excluding tert-OH is 4. The summed E-state index contributed by atoms with van der Waals surface area (Å²) in [7, 11) is 0. The lowest BCUT2D eigenvalue weighted by Crippen LogP contribution is -2.53. The molecule has 0 saturated heterocycles. The summed E-state index contributed by atoms with van der Waals surface area (Å²) in [6, 6.07) is -0.996. The fourth-order valence-electron chi connectivity index (χ4n) is 7.46. The highest BCUT2D eigenvalue weighted by atomic mass is 16.3. The minimum absolute atomic E-state index is 0.366. The molecule has 53 heavy (non-hydrogen) atoms. The molecule has 0 saturated carbocycles. The van der Waals surface area contributed by atoms with Crippen LogP contribution in [0.5, 0.6) is 0 Å². The summed E-state index contributed by atoms with van der Waals surface area (Å²) in [5.41, 5.74) is 0. The lowest BCUT2D eigenvalue weighted by atomic mass is 10.00. The van der Waals surface area contributed by atoms with E-state index in [9.17, 15) is 25.2 Å². The Balaban J connectivity index is 3.63. The van der Waals surface area contributed by atoms with Gasteiger partial charge in [-0.1, -0.05) is 225 Å². The predicted molar refractivity (Wildman–Crippen MR) is 228 cm³/mol. The first kappa shape index (κ1) is 52.0. The van der Waals surface area contributed by atoms with E-state index >= 15 is 0 Å². The average Bonchev–Trinajstić information content (AvgIpc) is 3.16. The highest BCUT2D eigenvalue weighted by Gasteiger charge is 2.28. The van der Waals surface area contributed by atoms with Crippen molar-refractivity contribution >= 4 is 5.91 Å². The first-order chi connectivity index (χ1) is 26.0. The van der Waals surface area contributed by atoms with Crippen molar-refractivity contribution in [2.75, 3.05) is 6.61 Å². The number of carbonyl (C=O) groups excluding carboxylic acids is 1. The van der Waals surface area contributed by atoms with Crippen LogP contribution in [0.4, 0.5) is 0 Å². The third-order valence-electron chi connectivity index (χ3n) is 11.2. The van der Waals surface area contributed by atoms with E-state index in [4.69, 9.17) is 0 Å². The number of hydrogen-bond acceptors (Lipinski definition) is 5. The van der Waals surface area contributed by atoms with Crippen LogP contribution in [0.1, 0.15) is 251 Å². The zero-order chi connectivity index (χ0) is 38.9. The predicted octanol–water partition coefficient (Wildman–Crippen LogP) is 12.6. The maximum atomic E-state index is 12.4. The summed E-state index contributed by atoms with van der Waals surface area (Å²) in [6.45, 7) is 4.03. The molecule has 6 nitrogen and oxygen atoms in total. The summed E-state index contributed by atoms with van der Waals surface area (Å²) in [4.78, 5) is 12.4. The first-order valence-electron chi connectivity index (χ1n) is 23.6. The average molecular weight is 752 g/mol. The van der Waals surface area contributed by atoms with Crippen LogP contribution in [0.15, 0.2) is 12.2 Å². The van der Waals surface area contributed by atoms with Crippen LogP contribution in [0.25, 0.3) is 0 Å². The number of aliphatic hydroxyl groups is 4. The summed E-state index contributed by atoms with van der Waals surface area (Å²) in [5, 5.41) is 43.6. The van der Waals surface area contributed by atoms with Gasteiger partial charge in [0.1, 0.15) is 12.2 Å². The third kappa shape index (κ3) is 36.4. The third-order valence-corrected chi connectivity index (χ3v) is 11.2. The van der Waals surface area contributed by atoms with Crippen molar-refractivity contribution in [1.29, 1.82) is 0 Å². The van der Waals surface area contributed by atoms with Crippen LogP contribution < -0.4 is 5.32 Å². The number of rotatable bonds is 43. The van der Waals surface area contributed by atoms with Crippen molar-refractivity contribution in [3.8, 4) is 0 Å². The van der Waals surface area contributed by atoms with E-state index in [0.29, 0.717) is 12.8 Å². The standard InChI is InChI=1S/C47H93NO5/c1-3-5-7-9-11-13-15-16-17-18-19-20-21-22-23-24-25-26-27-28-29-30-31-33-34-36-38-40-44(50)46(52)43(42-49)48-47(53)45(51)41-39-37-35-32-14-12-10-8-6-4-2/h33-34,43-46,49-52H,3-32,35-42H2,1-2H3,(H,48,53)/b34-33+. The van der Waals surface area contributed by atoms with Gasteiger partial charge in [0.05, 0.1) is 18.8 Å². The quantitative estimate of drug-likeness (QED) is 0.0315. The number of nitrogens with one attached hydrogen (secondary N) is 1. The van der Waals surface area contributed by atoms with E-state index in [-0.39, 0.29) is 0 Å². The second-order valence-corrected chi connectivity index (χ2v) is 16.5. The molecule has 0 aromatic heterocycles. The zero-order valence-corrected chi connectivity index (χ0v) is 35.5. The Morgan fingerprint density at radius 1 is 0.453 bits per heavy atom. The number of carbonyl (C=O) groups is 1. The Hall–Kier alpha value is -0.950. The van der Waals surface area contributed by atoms with Gasteiger partial charge in [0.15, 0.2) is 0 Å². The van der Waals surface area contributed by atoms with E-state index < -0.39 is 36.9 Å². The molecular weight excluding hydrogens is 659 g/mol. The highest BCUT2D eigenvalue weighted by Crippen LogP contribution is 2.17. The molecular formula is C47H93NO5. The van der Waals surface area contributed by atoms with Crippen molar-refractivity contribution in [2.24, 2.45) is 0 Å². The molecule has 0 fully saturated rings. The van der Waals surface area contributed by atoms with Gasteiger partial charge in [0.25, 0.3) is 0 Å².